The Hall–Kier alpha value is -5.11. The Morgan fingerprint density at radius 2 is 1.28 bits per heavy atom. The molecule has 0 aliphatic heterocycles. The summed E-state index contributed by atoms with van der Waals surface area (Å²) in [5.41, 5.74) is 17.4. The third kappa shape index (κ3) is 8.53. The second kappa shape index (κ2) is 15.3. The van der Waals surface area contributed by atoms with E-state index in [4.69, 9.17) is 11.5 Å². The van der Waals surface area contributed by atoms with E-state index in [0.29, 0.717) is 6.54 Å². The van der Waals surface area contributed by atoms with Crippen LogP contribution in [0.25, 0.3) is 21.5 Å². The summed E-state index contributed by atoms with van der Waals surface area (Å²) in [6.45, 7) is 5.62. The molecule has 0 fully saturated rings. The van der Waals surface area contributed by atoms with Crippen LogP contribution in [0.1, 0.15) is 34.4 Å². The molecule has 0 spiro atoms. The fourth-order valence-corrected chi connectivity index (χ4v) is 6.08. The van der Waals surface area contributed by atoms with Gasteiger partial charge in [-0.15, -0.1) is 0 Å². The molecular weight excluding hydrogens is 566 g/mol. The summed E-state index contributed by atoms with van der Waals surface area (Å²) in [6.07, 6.45) is 6.46. The molecule has 6 aromatic rings. The first-order valence-electron chi connectivity index (χ1n) is 15.9. The number of aliphatic imine (C=N–C) groups is 1. The first-order valence-corrected chi connectivity index (χ1v) is 15.9. The van der Waals surface area contributed by atoms with Gasteiger partial charge in [-0.2, -0.15) is 0 Å². The highest BCUT2D eigenvalue weighted by molar-refractivity contribution is 5.86. The minimum absolute atomic E-state index is 0.145. The highest BCUT2D eigenvalue weighted by Gasteiger charge is 2.12. The van der Waals surface area contributed by atoms with Gasteiger partial charge in [0, 0.05) is 64.4 Å². The molecular formula is C39H41N7. The molecule has 0 unspecified atom stereocenters. The maximum absolute atomic E-state index is 5.58. The lowest BCUT2D eigenvalue weighted by Crippen LogP contribution is -2.26. The summed E-state index contributed by atoms with van der Waals surface area (Å²) < 4.78 is 0. The minimum Gasteiger partial charge on any atom is -0.370 e. The zero-order valence-electron chi connectivity index (χ0n) is 26.2. The van der Waals surface area contributed by atoms with Gasteiger partial charge in [0.25, 0.3) is 0 Å². The van der Waals surface area contributed by atoms with Gasteiger partial charge in [0.15, 0.2) is 5.96 Å². The molecule has 232 valence electrons. The van der Waals surface area contributed by atoms with Crippen LogP contribution in [0.4, 0.5) is 0 Å². The number of hydrogen-bond acceptors (Lipinski definition) is 5. The van der Waals surface area contributed by atoms with Crippen LogP contribution in [0.3, 0.4) is 0 Å². The average Bonchev–Trinajstić information content (AvgIpc) is 3.07. The summed E-state index contributed by atoms with van der Waals surface area (Å²) in [6, 6.07) is 39.1. The van der Waals surface area contributed by atoms with Crippen molar-refractivity contribution in [1.29, 1.82) is 0 Å². The van der Waals surface area contributed by atoms with Crippen molar-refractivity contribution in [3.05, 3.63) is 156 Å². The number of fused-ring (bicyclic) bond motifs is 2. The zero-order valence-corrected chi connectivity index (χ0v) is 26.2. The molecule has 0 radical (unpaired) electrons. The lowest BCUT2D eigenvalue weighted by atomic mass is 10.0. The van der Waals surface area contributed by atoms with Gasteiger partial charge in [-0.3, -0.25) is 24.8 Å². The van der Waals surface area contributed by atoms with Gasteiger partial charge in [0.05, 0.1) is 5.69 Å². The summed E-state index contributed by atoms with van der Waals surface area (Å²) in [4.78, 5) is 17.9. The molecule has 2 heterocycles. The van der Waals surface area contributed by atoms with E-state index >= 15 is 0 Å². The Morgan fingerprint density at radius 3 is 2.02 bits per heavy atom. The van der Waals surface area contributed by atoms with Crippen LogP contribution in [0.15, 0.2) is 133 Å². The predicted octanol–water partition coefficient (Wildman–Crippen LogP) is 6.65. The van der Waals surface area contributed by atoms with Gasteiger partial charge in [0.2, 0.25) is 0 Å². The normalized spacial score (nSPS) is 11.4. The monoisotopic (exact) mass is 607 g/mol. The number of nitrogens with two attached hydrogens (primary N) is 2. The third-order valence-electron chi connectivity index (χ3n) is 8.25. The van der Waals surface area contributed by atoms with Gasteiger partial charge >= 0.3 is 0 Å². The van der Waals surface area contributed by atoms with Crippen molar-refractivity contribution >= 4 is 27.5 Å². The van der Waals surface area contributed by atoms with Crippen LogP contribution < -0.4 is 11.5 Å². The molecule has 4 N–H and O–H groups in total. The number of benzene rings is 4. The largest absolute Gasteiger partial charge is 0.370 e. The molecule has 0 bridgehead atoms. The third-order valence-corrected chi connectivity index (χ3v) is 8.25. The van der Waals surface area contributed by atoms with Crippen molar-refractivity contribution in [2.45, 2.75) is 39.1 Å². The first kappa shape index (κ1) is 30.9. The van der Waals surface area contributed by atoms with Gasteiger partial charge < -0.3 is 11.5 Å². The number of rotatable bonds is 14. The maximum Gasteiger partial charge on any atom is 0.185 e. The quantitative estimate of drug-likeness (QED) is 0.0818. The average molecular weight is 608 g/mol. The lowest BCUT2D eigenvalue weighted by molar-refractivity contribution is 0.244. The van der Waals surface area contributed by atoms with E-state index in [1.54, 1.807) is 0 Å². The van der Waals surface area contributed by atoms with E-state index in [2.05, 4.69) is 122 Å². The lowest BCUT2D eigenvalue weighted by Gasteiger charge is -2.24. The molecule has 7 nitrogen and oxygen atoms in total. The van der Waals surface area contributed by atoms with Crippen LogP contribution in [-0.4, -0.2) is 38.8 Å². The molecule has 6 rings (SSSR count). The van der Waals surface area contributed by atoms with E-state index in [-0.39, 0.29) is 5.96 Å². The number of nitrogens with zero attached hydrogens (tertiary/aromatic N) is 5. The van der Waals surface area contributed by atoms with Gasteiger partial charge in [-0.05, 0) is 86.6 Å². The minimum atomic E-state index is 0.145. The van der Waals surface area contributed by atoms with Gasteiger partial charge in [-0.1, -0.05) is 72.8 Å². The zero-order chi connectivity index (χ0) is 31.6. The van der Waals surface area contributed by atoms with E-state index in [1.807, 2.05) is 30.7 Å². The smallest absolute Gasteiger partial charge is 0.185 e. The van der Waals surface area contributed by atoms with Crippen molar-refractivity contribution < 1.29 is 0 Å². The Bertz CT molecular complexity index is 1840. The van der Waals surface area contributed by atoms with Gasteiger partial charge in [-0.25, -0.2) is 0 Å². The van der Waals surface area contributed by atoms with E-state index in [0.717, 1.165) is 51.4 Å². The molecule has 0 amide bonds. The van der Waals surface area contributed by atoms with Gasteiger partial charge in [0.1, 0.15) is 0 Å². The second-order valence-corrected chi connectivity index (χ2v) is 11.8. The Kier molecular flexibility index (Phi) is 10.2. The predicted molar refractivity (Wildman–Crippen MR) is 189 cm³/mol. The SMILES string of the molecule is NC(N)=NCCCN(Cc1ccc2cc(CN(Cc3ccncc3)Cc3ccccn3)ccc2c1)Cc1cccc2ccccc12. The van der Waals surface area contributed by atoms with Crippen molar-refractivity contribution in [2.24, 2.45) is 16.5 Å². The number of guanidine groups is 1. The molecule has 0 aliphatic carbocycles. The summed E-state index contributed by atoms with van der Waals surface area (Å²) in [5.74, 6) is 0.145. The van der Waals surface area contributed by atoms with Crippen LogP contribution >= 0.6 is 0 Å². The first-order chi connectivity index (χ1) is 22.6. The van der Waals surface area contributed by atoms with E-state index in [1.165, 1.54) is 43.8 Å². The molecule has 0 saturated heterocycles. The molecule has 4 aromatic carbocycles. The molecule has 0 atom stereocenters. The fourth-order valence-electron chi connectivity index (χ4n) is 6.08. The Balaban J connectivity index is 1.19. The Labute approximate surface area is 271 Å². The molecule has 0 aliphatic rings. The topological polar surface area (TPSA) is 96.7 Å². The van der Waals surface area contributed by atoms with E-state index < -0.39 is 0 Å². The second-order valence-electron chi connectivity index (χ2n) is 11.8. The summed E-state index contributed by atoms with van der Waals surface area (Å²) >= 11 is 0. The van der Waals surface area contributed by atoms with Crippen LogP contribution in [0, 0.1) is 0 Å². The van der Waals surface area contributed by atoms with Crippen molar-refractivity contribution in [3.8, 4) is 0 Å². The molecule has 7 heteroatoms. The van der Waals surface area contributed by atoms with Crippen LogP contribution in [0.5, 0.6) is 0 Å². The maximum atomic E-state index is 5.58. The number of hydrogen-bond donors (Lipinski definition) is 2. The van der Waals surface area contributed by atoms with Crippen molar-refractivity contribution in [1.82, 2.24) is 19.8 Å². The molecule has 2 aromatic heterocycles. The van der Waals surface area contributed by atoms with Crippen molar-refractivity contribution in [3.63, 3.8) is 0 Å². The fraction of sp³-hybridized carbons (Fsp3) is 0.205. The summed E-state index contributed by atoms with van der Waals surface area (Å²) in [5, 5.41) is 5.06. The van der Waals surface area contributed by atoms with E-state index in [9.17, 15) is 0 Å². The molecule has 0 saturated carbocycles. The van der Waals surface area contributed by atoms with Crippen LogP contribution in [-0.2, 0) is 32.7 Å². The van der Waals surface area contributed by atoms with Crippen molar-refractivity contribution in [2.75, 3.05) is 13.1 Å². The summed E-state index contributed by atoms with van der Waals surface area (Å²) in [7, 11) is 0. The number of pyridine rings is 2. The number of aromatic nitrogens is 2. The highest BCUT2D eigenvalue weighted by Crippen LogP contribution is 2.24. The Morgan fingerprint density at radius 1 is 0.587 bits per heavy atom. The molecule has 46 heavy (non-hydrogen) atoms. The standard InChI is InChI=1S/C39H41N7/c40-39(41)44-19-6-22-45(28-36-9-5-8-33-7-1-2-11-38(33)36)26-31-12-14-35-24-32(13-15-34(35)23-31)27-46(25-30-16-20-42-21-17-30)29-37-10-3-4-18-43-37/h1-5,7-18,20-21,23-24H,6,19,22,25-29H2,(H4,40,41,44). The highest BCUT2D eigenvalue weighted by atomic mass is 15.1. The van der Waals surface area contributed by atoms with Crippen LogP contribution in [0.2, 0.25) is 0 Å².